The van der Waals surface area contributed by atoms with Crippen LogP contribution in [0.25, 0.3) is 0 Å². The van der Waals surface area contributed by atoms with Gasteiger partial charge in [-0.05, 0) is 30.0 Å². The lowest BCUT2D eigenvalue weighted by atomic mass is 10.1. The zero-order valence-corrected chi connectivity index (χ0v) is 12.9. The number of sulfonamides is 1. The summed E-state index contributed by atoms with van der Waals surface area (Å²) in [5.41, 5.74) is 6.89. The lowest BCUT2D eigenvalue weighted by molar-refractivity contribution is 0.128. The normalized spacial score (nSPS) is 11.9. The van der Waals surface area contributed by atoms with Crippen LogP contribution in [-0.4, -0.2) is 28.2 Å². The topological polar surface area (TPSA) is 81.4 Å². The van der Waals surface area contributed by atoms with Gasteiger partial charge in [0, 0.05) is 18.8 Å². The van der Waals surface area contributed by atoms with Crippen molar-refractivity contribution >= 4 is 15.7 Å². The van der Waals surface area contributed by atoms with Crippen LogP contribution in [0.15, 0.2) is 24.3 Å². The van der Waals surface area contributed by atoms with Crippen molar-refractivity contribution in [1.82, 2.24) is 4.72 Å². The maximum Gasteiger partial charge on any atom is 0.215 e. The minimum Gasteiger partial charge on any atom is -0.399 e. The van der Waals surface area contributed by atoms with Crippen LogP contribution >= 0.6 is 0 Å². The molecule has 0 bridgehead atoms. The van der Waals surface area contributed by atoms with E-state index < -0.39 is 10.0 Å². The van der Waals surface area contributed by atoms with Crippen molar-refractivity contribution in [3.63, 3.8) is 0 Å². The fourth-order valence-electron chi connectivity index (χ4n) is 1.57. The second-order valence-electron chi connectivity index (χ2n) is 5.19. The highest BCUT2D eigenvalue weighted by molar-refractivity contribution is 7.88. The minimum atomic E-state index is -3.32. The molecule has 5 nitrogen and oxygen atoms in total. The Morgan fingerprint density at radius 2 is 1.85 bits per heavy atom. The summed E-state index contributed by atoms with van der Waals surface area (Å²) < 4.78 is 31.5. The summed E-state index contributed by atoms with van der Waals surface area (Å²) in [6, 6.07) is 6.82. The fraction of sp³-hybridized carbons (Fsp3) is 0.571. The first kappa shape index (κ1) is 16.9. The second kappa shape index (κ2) is 8.24. The van der Waals surface area contributed by atoms with Crippen LogP contribution in [0, 0.1) is 5.92 Å². The van der Waals surface area contributed by atoms with Gasteiger partial charge in [0.1, 0.15) is 0 Å². The second-order valence-corrected chi connectivity index (χ2v) is 7.00. The summed E-state index contributed by atoms with van der Waals surface area (Å²) >= 11 is 0. The van der Waals surface area contributed by atoms with Crippen LogP contribution in [0.3, 0.4) is 0 Å². The third-order valence-corrected chi connectivity index (χ3v) is 4.10. The number of nitrogen functional groups attached to an aromatic ring is 1. The molecular weight excluding hydrogens is 276 g/mol. The summed E-state index contributed by atoms with van der Waals surface area (Å²) in [6.45, 7) is 5.61. The van der Waals surface area contributed by atoms with Crippen LogP contribution < -0.4 is 10.5 Å². The molecule has 0 radical (unpaired) electrons. The highest BCUT2D eigenvalue weighted by atomic mass is 32.2. The highest BCUT2D eigenvalue weighted by Gasteiger charge is 2.10. The number of ether oxygens (including phenoxy) is 1. The van der Waals surface area contributed by atoms with Crippen molar-refractivity contribution in [3.05, 3.63) is 29.8 Å². The van der Waals surface area contributed by atoms with E-state index in [0.717, 1.165) is 6.42 Å². The van der Waals surface area contributed by atoms with Crippen LogP contribution in [0.1, 0.15) is 25.8 Å². The monoisotopic (exact) mass is 300 g/mol. The molecule has 0 saturated heterocycles. The first-order valence-electron chi connectivity index (χ1n) is 6.78. The van der Waals surface area contributed by atoms with Gasteiger partial charge in [-0.15, -0.1) is 0 Å². The molecule has 0 heterocycles. The molecule has 1 aromatic rings. The van der Waals surface area contributed by atoms with Gasteiger partial charge in [-0.2, -0.15) is 0 Å². The van der Waals surface area contributed by atoms with Gasteiger partial charge < -0.3 is 10.5 Å². The van der Waals surface area contributed by atoms with Gasteiger partial charge in [-0.25, -0.2) is 13.1 Å². The largest absolute Gasteiger partial charge is 0.399 e. The summed E-state index contributed by atoms with van der Waals surface area (Å²) in [5, 5.41) is 0. The van der Waals surface area contributed by atoms with Gasteiger partial charge in [0.2, 0.25) is 10.0 Å². The summed E-state index contributed by atoms with van der Waals surface area (Å²) in [6.07, 6.45) is 0.984. The lowest BCUT2D eigenvalue weighted by Gasteiger charge is -2.08. The molecule has 20 heavy (non-hydrogen) atoms. The highest BCUT2D eigenvalue weighted by Crippen LogP contribution is 2.08. The first-order valence-corrected chi connectivity index (χ1v) is 8.44. The van der Waals surface area contributed by atoms with E-state index in [1.165, 1.54) is 0 Å². The van der Waals surface area contributed by atoms with E-state index in [1.807, 2.05) is 0 Å². The molecule has 0 aromatic heterocycles. The Balaban J connectivity index is 2.26. The number of rotatable bonds is 9. The van der Waals surface area contributed by atoms with Crippen molar-refractivity contribution < 1.29 is 13.2 Å². The molecule has 0 aliphatic heterocycles. The average Bonchev–Trinajstić information content (AvgIpc) is 2.36. The molecule has 0 amide bonds. The third-order valence-electron chi connectivity index (χ3n) is 2.74. The maximum atomic E-state index is 11.8. The number of nitrogens with one attached hydrogen (secondary N) is 1. The molecule has 0 aliphatic carbocycles. The quantitative estimate of drug-likeness (QED) is 0.538. The minimum absolute atomic E-state index is 0.0424. The van der Waals surface area contributed by atoms with Crippen molar-refractivity contribution in [2.24, 2.45) is 5.92 Å². The van der Waals surface area contributed by atoms with Crippen molar-refractivity contribution in [2.75, 3.05) is 25.5 Å². The predicted octanol–water partition coefficient (Wildman–Crippen LogP) is 1.75. The molecule has 0 saturated carbocycles. The molecule has 3 N–H and O–H groups in total. The number of nitrogens with two attached hydrogens (primary N) is 1. The number of hydrogen-bond donors (Lipinski definition) is 2. The Morgan fingerprint density at radius 3 is 2.45 bits per heavy atom. The molecule has 114 valence electrons. The SMILES string of the molecule is CC(C)CCOCCNS(=O)(=O)Cc1ccc(N)cc1. The smallest absolute Gasteiger partial charge is 0.215 e. The maximum absolute atomic E-state index is 11.8. The average molecular weight is 300 g/mol. The standard InChI is InChI=1S/C14H24N2O3S/c1-12(2)7-9-19-10-8-16-20(17,18)11-13-3-5-14(15)6-4-13/h3-6,12,16H,7-11,15H2,1-2H3. The van der Waals surface area contributed by atoms with E-state index in [-0.39, 0.29) is 5.75 Å². The summed E-state index contributed by atoms with van der Waals surface area (Å²) in [7, 11) is -3.32. The van der Waals surface area contributed by atoms with E-state index in [9.17, 15) is 8.42 Å². The van der Waals surface area contributed by atoms with Gasteiger partial charge in [0.25, 0.3) is 0 Å². The Labute approximate surface area is 121 Å². The van der Waals surface area contributed by atoms with Gasteiger partial charge in [0.05, 0.1) is 12.4 Å². The molecular formula is C14H24N2O3S. The van der Waals surface area contributed by atoms with Crippen LogP contribution in [0.2, 0.25) is 0 Å². The Kier molecular flexibility index (Phi) is 6.98. The van der Waals surface area contributed by atoms with Crippen molar-refractivity contribution in [2.45, 2.75) is 26.0 Å². The van der Waals surface area contributed by atoms with Crippen LogP contribution in [0.5, 0.6) is 0 Å². The van der Waals surface area contributed by atoms with Crippen LogP contribution in [0.4, 0.5) is 5.69 Å². The van der Waals surface area contributed by atoms with Crippen LogP contribution in [-0.2, 0) is 20.5 Å². The van der Waals surface area contributed by atoms with Gasteiger partial charge in [-0.3, -0.25) is 0 Å². The molecule has 6 heteroatoms. The Bertz CT molecular complexity index is 484. The first-order chi connectivity index (χ1) is 9.39. The van der Waals surface area contributed by atoms with Crippen molar-refractivity contribution in [3.8, 4) is 0 Å². The fourth-order valence-corrected chi connectivity index (χ4v) is 2.70. The van der Waals surface area contributed by atoms with Crippen molar-refractivity contribution in [1.29, 1.82) is 0 Å². The molecule has 1 aromatic carbocycles. The van der Waals surface area contributed by atoms with E-state index in [2.05, 4.69) is 18.6 Å². The molecule has 0 aliphatic rings. The molecule has 0 fully saturated rings. The van der Waals surface area contributed by atoms with Gasteiger partial charge >= 0.3 is 0 Å². The number of hydrogen-bond acceptors (Lipinski definition) is 4. The Morgan fingerprint density at radius 1 is 1.20 bits per heavy atom. The molecule has 0 unspecified atom stereocenters. The lowest BCUT2D eigenvalue weighted by Crippen LogP contribution is -2.28. The third kappa shape index (κ3) is 7.47. The predicted molar refractivity (Wildman–Crippen MR) is 81.8 cm³/mol. The zero-order valence-electron chi connectivity index (χ0n) is 12.1. The van der Waals surface area contributed by atoms with E-state index >= 15 is 0 Å². The van der Waals surface area contributed by atoms with Gasteiger partial charge in [-0.1, -0.05) is 26.0 Å². The zero-order chi connectivity index (χ0) is 15.0. The number of benzene rings is 1. The van der Waals surface area contributed by atoms with E-state index in [4.69, 9.17) is 10.5 Å². The molecule has 0 spiro atoms. The molecule has 1 rings (SSSR count). The van der Waals surface area contributed by atoms with Gasteiger partial charge in [0.15, 0.2) is 0 Å². The van der Waals surface area contributed by atoms with E-state index in [0.29, 0.717) is 36.9 Å². The van der Waals surface area contributed by atoms with E-state index in [1.54, 1.807) is 24.3 Å². The summed E-state index contributed by atoms with van der Waals surface area (Å²) in [4.78, 5) is 0. The molecule has 0 atom stereocenters. The summed E-state index contributed by atoms with van der Waals surface area (Å²) in [5.74, 6) is 0.552. The Hall–Kier alpha value is -1.11. The number of anilines is 1.